The molecule has 3 unspecified atom stereocenters. The van der Waals surface area contributed by atoms with Crippen LogP contribution in [0.3, 0.4) is 0 Å². The number of halogens is 1. The predicted octanol–water partition coefficient (Wildman–Crippen LogP) is 3.03. The number of nitrogens with zero attached hydrogens (tertiary/aromatic N) is 1. The summed E-state index contributed by atoms with van der Waals surface area (Å²) in [6, 6.07) is 10.6. The Morgan fingerprint density at radius 2 is 1.71 bits per heavy atom. The average Bonchev–Trinajstić information content (AvgIpc) is 2.28. The second kappa shape index (κ2) is 5.67. The summed E-state index contributed by atoms with van der Waals surface area (Å²) in [5.74, 6) is 0. The van der Waals surface area contributed by atoms with E-state index in [1.165, 1.54) is 9.13 Å². The van der Waals surface area contributed by atoms with Gasteiger partial charge in [0.25, 0.3) is 0 Å². The van der Waals surface area contributed by atoms with Gasteiger partial charge in [0.05, 0.1) is 0 Å². The average molecular weight is 344 g/mol. The number of hydrogen-bond donors (Lipinski definition) is 1. The first-order chi connectivity index (χ1) is 8.06. The van der Waals surface area contributed by atoms with Crippen molar-refractivity contribution in [2.45, 2.75) is 38.9 Å². The second-order valence-electron chi connectivity index (χ2n) is 5.15. The molecule has 2 rings (SSSR count). The van der Waals surface area contributed by atoms with E-state index >= 15 is 0 Å². The van der Waals surface area contributed by atoms with Gasteiger partial charge in [-0.3, -0.25) is 4.90 Å². The van der Waals surface area contributed by atoms with E-state index in [0.29, 0.717) is 18.1 Å². The molecule has 1 fully saturated rings. The van der Waals surface area contributed by atoms with Crippen molar-refractivity contribution >= 4 is 22.6 Å². The molecule has 17 heavy (non-hydrogen) atoms. The van der Waals surface area contributed by atoms with Crippen LogP contribution < -0.4 is 5.32 Å². The van der Waals surface area contributed by atoms with E-state index in [0.717, 1.165) is 13.1 Å². The Bertz CT molecular complexity index is 353. The van der Waals surface area contributed by atoms with Gasteiger partial charge < -0.3 is 5.32 Å². The molecular weight excluding hydrogens is 323 g/mol. The van der Waals surface area contributed by atoms with E-state index in [1.807, 2.05) is 0 Å². The summed E-state index contributed by atoms with van der Waals surface area (Å²) in [6.07, 6.45) is 0. The van der Waals surface area contributed by atoms with Crippen molar-refractivity contribution in [2.24, 2.45) is 0 Å². The largest absolute Gasteiger partial charge is 0.309 e. The molecule has 3 atom stereocenters. The van der Waals surface area contributed by atoms with Crippen LogP contribution in [0.4, 0.5) is 0 Å². The number of piperazine rings is 1. The van der Waals surface area contributed by atoms with Crippen LogP contribution in [0.25, 0.3) is 0 Å². The van der Waals surface area contributed by atoms with E-state index in [4.69, 9.17) is 0 Å². The van der Waals surface area contributed by atoms with Crippen LogP contribution in [0.2, 0.25) is 0 Å². The molecule has 0 radical (unpaired) electrons. The van der Waals surface area contributed by atoms with Crippen molar-refractivity contribution in [3.05, 3.63) is 33.4 Å². The van der Waals surface area contributed by atoms with Gasteiger partial charge >= 0.3 is 0 Å². The fourth-order valence-corrected chi connectivity index (χ4v) is 3.00. The highest BCUT2D eigenvalue weighted by atomic mass is 127. The molecule has 1 aromatic carbocycles. The van der Waals surface area contributed by atoms with Gasteiger partial charge in [-0.25, -0.2) is 0 Å². The van der Waals surface area contributed by atoms with E-state index in [9.17, 15) is 0 Å². The Hall–Kier alpha value is -0.130. The zero-order chi connectivity index (χ0) is 12.4. The molecule has 0 saturated carbocycles. The minimum absolute atomic E-state index is 0.513. The zero-order valence-corrected chi connectivity index (χ0v) is 12.9. The van der Waals surface area contributed by atoms with Crippen molar-refractivity contribution in [2.75, 3.05) is 13.1 Å². The molecule has 1 aliphatic heterocycles. The summed E-state index contributed by atoms with van der Waals surface area (Å²) in [6.45, 7) is 9.12. The fraction of sp³-hybridized carbons (Fsp3) is 0.571. The van der Waals surface area contributed by atoms with Crippen LogP contribution in [-0.4, -0.2) is 30.1 Å². The summed E-state index contributed by atoms with van der Waals surface area (Å²) in [5.41, 5.74) is 1.42. The minimum atomic E-state index is 0.513. The first-order valence-corrected chi connectivity index (χ1v) is 7.39. The van der Waals surface area contributed by atoms with Gasteiger partial charge in [0.2, 0.25) is 0 Å². The van der Waals surface area contributed by atoms with E-state index in [-0.39, 0.29) is 0 Å². The number of nitrogens with one attached hydrogen (secondary N) is 1. The lowest BCUT2D eigenvalue weighted by Gasteiger charge is -2.39. The lowest BCUT2D eigenvalue weighted by atomic mass is 10.0. The lowest BCUT2D eigenvalue weighted by molar-refractivity contribution is 0.131. The van der Waals surface area contributed by atoms with Crippen LogP contribution in [0.5, 0.6) is 0 Å². The molecule has 0 aliphatic carbocycles. The van der Waals surface area contributed by atoms with Gasteiger partial charge in [-0.2, -0.15) is 0 Å². The maximum Gasteiger partial charge on any atom is 0.0321 e. The standard InChI is InChI=1S/C14H21IN2/c1-10-8-17(9-11(2)16-10)12(3)13-4-6-14(15)7-5-13/h4-7,10-12,16H,8-9H2,1-3H3. The Labute approximate surface area is 118 Å². The molecule has 94 valence electrons. The number of benzene rings is 1. The Balaban J connectivity index is 2.08. The Morgan fingerprint density at radius 3 is 2.24 bits per heavy atom. The number of rotatable bonds is 2. The molecular formula is C14H21IN2. The first kappa shape index (κ1) is 13.3. The predicted molar refractivity (Wildman–Crippen MR) is 81.2 cm³/mol. The molecule has 0 spiro atoms. The lowest BCUT2D eigenvalue weighted by Crippen LogP contribution is -2.54. The van der Waals surface area contributed by atoms with Crippen molar-refractivity contribution < 1.29 is 0 Å². The van der Waals surface area contributed by atoms with Crippen LogP contribution in [-0.2, 0) is 0 Å². The zero-order valence-electron chi connectivity index (χ0n) is 10.8. The number of hydrogen-bond acceptors (Lipinski definition) is 2. The summed E-state index contributed by atoms with van der Waals surface area (Å²) >= 11 is 2.36. The van der Waals surface area contributed by atoms with E-state index in [1.54, 1.807) is 0 Å². The molecule has 0 amide bonds. The van der Waals surface area contributed by atoms with Gasteiger partial charge in [0.1, 0.15) is 0 Å². The van der Waals surface area contributed by atoms with Gasteiger partial charge in [0.15, 0.2) is 0 Å². The third-order valence-corrected chi connectivity index (χ3v) is 4.21. The molecule has 1 aliphatic rings. The quantitative estimate of drug-likeness (QED) is 0.830. The SMILES string of the molecule is CC1CN(C(C)c2ccc(I)cc2)CC(C)N1. The normalized spacial score (nSPS) is 28.0. The summed E-state index contributed by atoms with van der Waals surface area (Å²) in [5, 5.41) is 3.58. The van der Waals surface area contributed by atoms with Crippen LogP contribution in [0.15, 0.2) is 24.3 Å². The first-order valence-electron chi connectivity index (χ1n) is 6.32. The van der Waals surface area contributed by atoms with Crippen LogP contribution in [0, 0.1) is 3.57 Å². The molecule has 2 nitrogen and oxygen atoms in total. The summed E-state index contributed by atoms with van der Waals surface area (Å²) in [4.78, 5) is 2.58. The van der Waals surface area contributed by atoms with Gasteiger partial charge in [-0.1, -0.05) is 12.1 Å². The summed E-state index contributed by atoms with van der Waals surface area (Å²) in [7, 11) is 0. The molecule has 1 aromatic rings. The maximum atomic E-state index is 3.58. The highest BCUT2D eigenvalue weighted by Gasteiger charge is 2.25. The monoisotopic (exact) mass is 344 g/mol. The highest BCUT2D eigenvalue weighted by Crippen LogP contribution is 2.23. The van der Waals surface area contributed by atoms with E-state index in [2.05, 4.69) is 77.8 Å². The third-order valence-electron chi connectivity index (χ3n) is 3.49. The van der Waals surface area contributed by atoms with Crippen molar-refractivity contribution in [3.8, 4) is 0 Å². The van der Waals surface area contributed by atoms with Crippen LogP contribution >= 0.6 is 22.6 Å². The molecule has 1 heterocycles. The fourth-order valence-electron chi connectivity index (χ4n) is 2.64. The smallest absolute Gasteiger partial charge is 0.0321 e. The molecule has 1 saturated heterocycles. The summed E-state index contributed by atoms with van der Waals surface area (Å²) < 4.78 is 1.31. The second-order valence-corrected chi connectivity index (χ2v) is 6.40. The van der Waals surface area contributed by atoms with Crippen LogP contribution in [0.1, 0.15) is 32.4 Å². The minimum Gasteiger partial charge on any atom is -0.309 e. The van der Waals surface area contributed by atoms with E-state index < -0.39 is 0 Å². The topological polar surface area (TPSA) is 15.3 Å². The molecule has 3 heteroatoms. The third kappa shape index (κ3) is 3.42. The van der Waals surface area contributed by atoms with Crippen molar-refractivity contribution in [3.63, 3.8) is 0 Å². The van der Waals surface area contributed by atoms with Crippen molar-refractivity contribution in [1.82, 2.24) is 10.2 Å². The molecule has 0 bridgehead atoms. The van der Waals surface area contributed by atoms with Gasteiger partial charge in [-0.15, -0.1) is 0 Å². The Kier molecular flexibility index (Phi) is 4.44. The Morgan fingerprint density at radius 1 is 1.18 bits per heavy atom. The highest BCUT2D eigenvalue weighted by molar-refractivity contribution is 14.1. The molecule has 1 N–H and O–H groups in total. The maximum absolute atomic E-state index is 3.58. The molecule has 0 aromatic heterocycles. The van der Waals surface area contributed by atoms with Gasteiger partial charge in [-0.05, 0) is 61.1 Å². The van der Waals surface area contributed by atoms with Gasteiger partial charge in [0, 0.05) is 34.8 Å². The van der Waals surface area contributed by atoms with Crippen molar-refractivity contribution in [1.29, 1.82) is 0 Å².